The number of anilines is 1. The second-order valence-electron chi connectivity index (χ2n) is 3.68. The Bertz CT molecular complexity index is 551. The number of nitrogens with one attached hydrogen (secondary N) is 1. The zero-order chi connectivity index (χ0) is 12.3. The number of nitrogens with zero attached hydrogens (tertiary/aromatic N) is 2. The van der Waals surface area contributed by atoms with Crippen molar-refractivity contribution in [2.75, 3.05) is 5.73 Å². The molecule has 1 aromatic heterocycles. The highest BCUT2D eigenvalue weighted by molar-refractivity contribution is 5.50. The van der Waals surface area contributed by atoms with Gasteiger partial charge >= 0.3 is 0 Å². The third-order valence-electron chi connectivity index (χ3n) is 2.39. The molecule has 0 aliphatic carbocycles. The topological polar surface area (TPSA) is 87.7 Å². The number of H-pyrrole nitrogens is 1. The average Bonchev–Trinajstić information content (AvgIpc) is 2.69. The lowest BCUT2D eigenvalue weighted by molar-refractivity contribution is 0.301. The van der Waals surface area contributed by atoms with Crippen LogP contribution in [-0.4, -0.2) is 10.2 Å². The van der Waals surface area contributed by atoms with Gasteiger partial charge in [0.1, 0.15) is 24.0 Å². The highest BCUT2D eigenvalue weighted by atomic mass is 16.5. The minimum Gasteiger partial charge on any atom is -0.487 e. The molecule has 0 fully saturated rings. The number of nitrogens with two attached hydrogens (primary N) is 1. The molecule has 0 radical (unpaired) electrons. The van der Waals surface area contributed by atoms with Gasteiger partial charge in [-0.25, -0.2) is 0 Å². The average molecular weight is 228 g/mol. The summed E-state index contributed by atoms with van der Waals surface area (Å²) in [6, 6.07) is 9.66. The Hall–Kier alpha value is -2.48. The van der Waals surface area contributed by atoms with Crippen LogP contribution in [0.2, 0.25) is 0 Å². The number of aryl methyl sites for hydroxylation is 1. The van der Waals surface area contributed by atoms with Crippen molar-refractivity contribution in [3.05, 3.63) is 41.1 Å². The Morgan fingerprint density at radius 1 is 1.41 bits per heavy atom. The molecule has 5 heteroatoms. The number of nitrogen functional groups attached to an aromatic ring is 1. The minimum absolute atomic E-state index is 0.204. The molecule has 86 valence electrons. The van der Waals surface area contributed by atoms with Gasteiger partial charge in [0.2, 0.25) is 0 Å². The van der Waals surface area contributed by atoms with Crippen LogP contribution < -0.4 is 10.5 Å². The van der Waals surface area contributed by atoms with Crippen molar-refractivity contribution in [3.63, 3.8) is 0 Å². The van der Waals surface area contributed by atoms with E-state index in [4.69, 9.17) is 15.7 Å². The molecule has 0 amide bonds. The normalized spacial score (nSPS) is 9.88. The van der Waals surface area contributed by atoms with Crippen LogP contribution in [0.5, 0.6) is 5.75 Å². The highest BCUT2D eigenvalue weighted by Gasteiger charge is 2.10. The van der Waals surface area contributed by atoms with Gasteiger partial charge in [0.15, 0.2) is 5.82 Å². The number of aromatic nitrogens is 2. The molecule has 0 bridgehead atoms. The second-order valence-corrected chi connectivity index (χ2v) is 3.68. The summed E-state index contributed by atoms with van der Waals surface area (Å²) >= 11 is 0. The molecule has 2 rings (SSSR count). The molecular weight excluding hydrogens is 216 g/mol. The SMILES string of the molecule is Cc1ccc(OCc2[nH]nc(N)c2C#N)cc1. The zero-order valence-electron chi connectivity index (χ0n) is 9.40. The summed E-state index contributed by atoms with van der Waals surface area (Å²) in [4.78, 5) is 0. The first-order valence-corrected chi connectivity index (χ1v) is 5.13. The minimum atomic E-state index is 0.204. The first kappa shape index (κ1) is 11.0. The molecule has 0 unspecified atom stereocenters. The lowest BCUT2D eigenvalue weighted by atomic mass is 10.2. The summed E-state index contributed by atoms with van der Waals surface area (Å²) in [5.41, 5.74) is 7.62. The van der Waals surface area contributed by atoms with Gasteiger partial charge in [-0.3, -0.25) is 5.10 Å². The maximum Gasteiger partial charge on any atom is 0.163 e. The number of ether oxygens (including phenoxy) is 1. The summed E-state index contributed by atoms with van der Waals surface area (Å²) in [5.74, 6) is 0.947. The van der Waals surface area contributed by atoms with Crippen LogP contribution in [0.3, 0.4) is 0 Å². The quantitative estimate of drug-likeness (QED) is 0.837. The fourth-order valence-electron chi connectivity index (χ4n) is 1.41. The number of aromatic amines is 1. The number of benzene rings is 1. The molecule has 0 spiro atoms. The van der Waals surface area contributed by atoms with Crippen molar-refractivity contribution < 1.29 is 4.74 Å². The summed E-state index contributed by atoms with van der Waals surface area (Å²) in [5, 5.41) is 15.3. The van der Waals surface area contributed by atoms with E-state index < -0.39 is 0 Å². The third kappa shape index (κ3) is 2.37. The van der Waals surface area contributed by atoms with Crippen molar-refractivity contribution in [3.8, 4) is 11.8 Å². The van der Waals surface area contributed by atoms with E-state index in [1.54, 1.807) is 0 Å². The first-order valence-electron chi connectivity index (χ1n) is 5.13. The maximum absolute atomic E-state index is 8.88. The van der Waals surface area contributed by atoms with E-state index in [-0.39, 0.29) is 12.4 Å². The van der Waals surface area contributed by atoms with Crippen LogP contribution in [-0.2, 0) is 6.61 Å². The maximum atomic E-state index is 8.88. The van der Waals surface area contributed by atoms with Gasteiger partial charge in [0, 0.05) is 0 Å². The molecule has 17 heavy (non-hydrogen) atoms. The van der Waals surface area contributed by atoms with E-state index in [1.165, 1.54) is 5.56 Å². The van der Waals surface area contributed by atoms with Crippen LogP contribution in [0, 0.1) is 18.3 Å². The van der Waals surface area contributed by atoms with E-state index in [1.807, 2.05) is 37.3 Å². The smallest absolute Gasteiger partial charge is 0.163 e. The molecule has 1 aromatic carbocycles. The van der Waals surface area contributed by atoms with E-state index in [0.29, 0.717) is 11.3 Å². The molecular formula is C12H12N4O. The lowest BCUT2D eigenvalue weighted by Crippen LogP contribution is -1.98. The fourth-order valence-corrected chi connectivity index (χ4v) is 1.41. The van der Waals surface area contributed by atoms with Gasteiger partial charge in [0.25, 0.3) is 0 Å². The van der Waals surface area contributed by atoms with E-state index in [0.717, 1.165) is 5.75 Å². The van der Waals surface area contributed by atoms with Crippen molar-refractivity contribution in [1.29, 1.82) is 5.26 Å². The van der Waals surface area contributed by atoms with E-state index in [2.05, 4.69) is 10.2 Å². The van der Waals surface area contributed by atoms with Crippen molar-refractivity contribution in [2.24, 2.45) is 0 Å². The molecule has 5 nitrogen and oxygen atoms in total. The number of hydrogen-bond acceptors (Lipinski definition) is 4. The van der Waals surface area contributed by atoms with Crippen molar-refractivity contribution in [1.82, 2.24) is 10.2 Å². The van der Waals surface area contributed by atoms with Crippen LogP contribution in [0.1, 0.15) is 16.8 Å². The fraction of sp³-hybridized carbons (Fsp3) is 0.167. The van der Waals surface area contributed by atoms with Gasteiger partial charge in [-0.05, 0) is 19.1 Å². The monoisotopic (exact) mass is 228 g/mol. The first-order chi connectivity index (χ1) is 8.20. The number of nitriles is 1. The third-order valence-corrected chi connectivity index (χ3v) is 2.39. The molecule has 0 saturated heterocycles. The molecule has 1 heterocycles. The molecule has 0 atom stereocenters. The van der Waals surface area contributed by atoms with E-state index in [9.17, 15) is 0 Å². The Morgan fingerprint density at radius 2 is 2.12 bits per heavy atom. The van der Waals surface area contributed by atoms with E-state index >= 15 is 0 Å². The Morgan fingerprint density at radius 3 is 2.76 bits per heavy atom. The molecule has 2 aromatic rings. The zero-order valence-corrected chi connectivity index (χ0v) is 9.40. The Kier molecular flexibility index (Phi) is 2.97. The van der Waals surface area contributed by atoms with Gasteiger partial charge in [0.05, 0.1) is 5.69 Å². The predicted molar refractivity (Wildman–Crippen MR) is 63.2 cm³/mol. The van der Waals surface area contributed by atoms with Gasteiger partial charge < -0.3 is 10.5 Å². The van der Waals surface area contributed by atoms with Crippen molar-refractivity contribution >= 4 is 5.82 Å². The molecule has 0 aliphatic rings. The lowest BCUT2D eigenvalue weighted by Gasteiger charge is -2.04. The summed E-state index contributed by atoms with van der Waals surface area (Å²) < 4.78 is 5.52. The summed E-state index contributed by atoms with van der Waals surface area (Å²) in [6.45, 7) is 2.25. The Labute approximate surface area is 98.8 Å². The van der Waals surface area contributed by atoms with Crippen LogP contribution in [0.15, 0.2) is 24.3 Å². The number of rotatable bonds is 3. The van der Waals surface area contributed by atoms with Crippen molar-refractivity contribution in [2.45, 2.75) is 13.5 Å². The Balaban J connectivity index is 2.08. The predicted octanol–water partition coefficient (Wildman–Crippen LogP) is 1.75. The number of hydrogen-bond donors (Lipinski definition) is 2. The van der Waals surface area contributed by atoms with Crippen LogP contribution >= 0.6 is 0 Å². The second kappa shape index (κ2) is 4.58. The standard InChI is InChI=1S/C12H12N4O/c1-8-2-4-9(5-3-8)17-7-11-10(6-13)12(14)16-15-11/h2-5H,7H2,1H3,(H3,14,15,16). The summed E-state index contributed by atoms with van der Waals surface area (Å²) in [7, 11) is 0. The van der Waals surface area contributed by atoms with Crippen LogP contribution in [0.25, 0.3) is 0 Å². The van der Waals surface area contributed by atoms with Gasteiger partial charge in [-0.15, -0.1) is 0 Å². The molecule has 3 N–H and O–H groups in total. The van der Waals surface area contributed by atoms with Crippen LogP contribution in [0.4, 0.5) is 5.82 Å². The highest BCUT2D eigenvalue weighted by Crippen LogP contribution is 2.16. The van der Waals surface area contributed by atoms with Gasteiger partial charge in [-0.1, -0.05) is 17.7 Å². The summed E-state index contributed by atoms with van der Waals surface area (Å²) in [6.07, 6.45) is 0. The molecule has 0 aliphatic heterocycles. The largest absolute Gasteiger partial charge is 0.487 e. The molecule has 0 saturated carbocycles. The van der Waals surface area contributed by atoms with Gasteiger partial charge in [-0.2, -0.15) is 10.4 Å².